The van der Waals surface area contributed by atoms with E-state index in [9.17, 15) is 9.59 Å². The number of anilines is 1. The number of nitrogens with one attached hydrogen (secondary N) is 1. The van der Waals surface area contributed by atoms with Crippen LogP contribution in [-0.4, -0.2) is 16.8 Å². The summed E-state index contributed by atoms with van der Waals surface area (Å²) in [5, 5.41) is 3.73. The number of aromatic nitrogens is 1. The van der Waals surface area contributed by atoms with E-state index in [1.165, 1.54) is 12.1 Å². The third kappa shape index (κ3) is 3.00. The molecule has 3 N–H and O–H groups in total. The number of nitrogens with zero attached hydrogens (tertiary/aromatic N) is 1. The van der Waals surface area contributed by atoms with Crippen molar-refractivity contribution in [3.05, 3.63) is 70.9 Å². The number of rotatable bonds is 3. The molecule has 6 heteroatoms. The maximum Gasteiger partial charge on any atom is 0.256 e. The molecule has 5 nitrogen and oxygen atoms in total. The number of primary amides is 1. The lowest BCUT2D eigenvalue weighted by molar-refractivity contribution is 0.0996. The molecule has 2 aromatic carbocycles. The monoisotopic (exact) mass is 325 g/mol. The van der Waals surface area contributed by atoms with Gasteiger partial charge in [0.25, 0.3) is 5.91 Å². The van der Waals surface area contributed by atoms with Crippen LogP contribution in [0.15, 0.2) is 54.7 Å². The second kappa shape index (κ2) is 6.06. The van der Waals surface area contributed by atoms with Crippen LogP contribution < -0.4 is 11.1 Å². The van der Waals surface area contributed by atoms with Crippen LogP contribution in [0.1, 0.15) is 20.7 Å². The van der Waals surface area contributed by atoms with Gasteiger partial charge in [-0.15, -0.1) is 0 Å². The molecule has 1 heterocycles. The summed E-state index contributed by atoms with van der Waals surface area (Å²) in [5.74, 6) is -0.957. The fourth-order valence-electron chi connectivity index (χ4n) is 2.29. The fourth-order valence-corrected chi connectivity index (χ4v) is 2.50. The highest BCUT2D eigenvalue weighted by Crippen LogP contribution is 2.22. The van der Waals surface area contributed by atoms with Crippen LogP contribution in [-0.2, 0) is 0 Å². The topological polar surface area (TPSA) is 85.1 Å². The van der Waals surface area contributed by atoms with Gasteiger partial charge in [-0.25, -0.2) is 0 Å². The summed E-state index contributed by atoms with van der Waals surface area (Å²) in [6.07, 6.45) is 1.67. The van der Waals surface area contributed by atoms with Gasteiger partial charge in [0, 0.05) is 22.8 Å². The van der Waals surface area contributed by atoms with E-state index in [4.69, 9.17) is 17.3 Å². The Morgan fingerprint density at radius 1 is 1.04 bits per heavy atom. The minimum absolute atomic E-state index is 0.157. The number of pyridine rings is 1. The van der Waals surface area contributed by atoms with E-state index in [0.29, 0.717) is 11.3 Å². The number of benzene rings is 2. The van der Waals surface area contributed by atoms with E-state index < -0.39 is 5.91 Å². The molecule has 0 radical (unpaired) electrons. The van der Waals surface area contributed by atoms with Crippen LogP contribution in [0.4, 0.5) is 5.69 Å². The third-order valence-electron chi connectivity index (χ3n) is 3.38. The smallest absolute Gasteiger partial charge is 0.256 e. The zero-order valence-corrected chi connectivity index (χ0v) is 12.7. The van der Waals surface area contributed by atoms with Gasteiger partial charge in [-0.2, -0.15) is 0 Å². The van der Waals surface area contributed by atoms with Crippen LogP contribution in [0.3, 0.4) is 0 Å². The van der Waals surface area contributed by atoms with Crippen molar-refractivity contribution >= 4 is 40.0 Å². The van der Waals surface area contributed by atoms with Crippen LogP contribution in [0, 0.1) is 0 Å². The summed E-state index contributed by atoms with van der Waals surface area (Å²) in [6.45, 7) is 0. The number of carbonyl (C=O) groups is 2. The number of halogens is 1. The number of amides is 2. The molecule has 0 aliphatic rings. The molecule has 0 aliphatic carbocycles. The van der Waals surface area contributed by atoms with Crippen molar-refractivity contribution in [1.29, 1.82) is 0 Å². The molecule has 114 valence electrons. The minimum Gasteiger partial charge on any atom is -0.366 e. The van der Waals surface area contributed by atoms with E-state index >= 15 is 0 Å². The molecular formula is C17H12ClN3O2. The van der Waals surface area contributed by atoms with E-state index in [1.807, 2.05) is 12.1 Å². The van der Waals surface area contributed by atoms with Gasteiger partial charge in [0.15, 0.2) is 0 Å². The van der Waals surface area contributed by atoms with Gasteiger partial charge >= 0.3 is 0 Å². The number of nitrogens with two attached hydrogens (primary N) is 1. The largest absolute Gasteiger partial charge is 0.366 e. The van der Waals surface area contributed by atoms with Gasteiger partial charge in [0.2, 0.25) is 5.91 Å². The fraction of sp³-hybridized carbons (Fsp3) is 0. The maximum absolute atomic E-state index is 12.5. The lowest BCUT2D eigenvalue weighted by Gasteiger charge is -2.09. The summed E-state index contributed by atoms with van der Waals surface area (Å²) in [4.78, 5) is 28.0. The zero-order valence-electron chi connectivity index (χ0n) is 11.9. The highest BCUT2D eigenvalue weighted by Gasteiger charge is 2.13. The molecule has 0 fully saturated rings. The Kier molecular flexibility index (Phi) is 3.95. The molecule has 1 aromatic heterocycles. The molecule has 0 saturated heterocycles. The third-order valence-corrected chi connectivity index (χ3v) is 3.71. The van der Waals surface area contributed by atoms with Crippen molar-refractivity contribution in [2.45, 2.75) is 0 Å². The Morgan fingerprint density at radius 2 is 1.87 bits per heavy atom. The summed E-state index contributed by atoms with van der Waals surface area (Å²) in [5.41, 5.74) is 7.07. The Morgan fingerprint density at radius 3 is 2.65 bits per heavy atom. The predicted octanol–water partition coefficient (Wildman–Crippen LogP) is 3.24. The molecule has 0 saturated carbocycles. The van der Waals surface area contributed by atoms with Crippen LogP contribution in [0.2, 0.25) is 5.02 Å². The van der Waals surface area contributed by atoms with Crippen LogP contribution >= 0.6 is 11.6 Å². The van der Waals surface area contributed by atoms with Gasteiger partial charge in [-0.1, -0.05) is 23.7 Å². The Bertz CT molecular complexity index is 919. The quantitative estimate of drug-likeness (QED) is 0.775. The van der Waals surface area contributed by atoms with Crippen molar-refractivity contribution in [3.63, 3.8) is 0 Å². The molecular weight excluding hydrogens is 314 g/mol. The van der Waals surface area contributed by atoms with E-state index in [0.717, 1.165) is 10.9 Å². The first-order chi connectivity index (χ1) is 11.1. The number of carbonyl (C=O) groups excluding carboxylic acids is 2. The summed E-state index contributed by atoms with van der Waals surface area (Å²) in [6, 6.07) is 13.5. The Labute approximate surface area is 137 Å². The Balaban J connectivity index is 1.95. The molecule has 0 spiro atoms. The molecule has 0 atom stereocenters. The zero-order chi connectivity index (χ0) is 16.4. The van der Waals surface area contributed by atoms with Gasteiger partial charge < -0.3 is 11.1 Å². The first kappa shape index (κ1) is 15.0. The second-order valence-corrected chi connectivity index (χ2v) is 5.30. The van der Waals surface area contributed by atoms with Crippen molar-refractivity contribution in [1.82, 2.24) is 4.98 Å². The van der Waals surface area contributed by atoms with Crippen molar-refractivity contribution in [3.8, 4) is 0 Å². The average molecular weight is 326 g/mol. The SMILES string of the molecule is NC(=O)c1cc(NC(=O)c2cccc3ncccc23)ccc1Cl. The average Bonchev–Trinajstić information content (AvgIpc) is 2.55. The molecule has 3 rings (SSSR count). The van der Waals surface area contributed by atoms with E-state index in [1.54, 1.807) is 30.5 Å². The normalized spacial score (nSPS) is 10.5. The van der Waals surface area contributed by atoms with Crippen molar-refractivity contribution in [2.75, 3.05) is 5.32 Å². The minimum atomic E-state index is -0.652. The summed E-state index contributed by atoms with van der Waals surface area (Å²) < 4.78 is 0. The molecule has 3 aromatic rings. The Hall–Kier alpha value is -2.92. The first-order valence-electron chi connectivity index (χ1n) is 6.81. The second-order valence-electron chi connectivity index (χ2n) is 4.89. The van der Waals surface area contributed by atoms with Crippen LogP contribution in [0.5, 0.6) is 0 Å². The molecule has 0 unspecified atom stereocenters. The van der Waals surface area contributed by atoms with Crippen molar-refractivity contribution in [2.24, 2.45) is 5.73 Å². The highest BCUT2D eigenvalue weighted by molar-refractivity contribution is 6.34. The number of hydrogen-bond donors (Lipinski definition) is 2. The summed E-state index contributed by atoms with van der Waals surface area (Å²) >= 11 is 5.90. The van der Waals surface area contributed by atoms with E-state index in [2.05, 4.69) is 10.3 Å². The number of hydrogen-bond acceptors (Lipinski definition) is 3. The highest BCUT2D eigenvalue weighted by atomic mass is 35.5. The molecule has 0 bridgehead atoms. The van der Waals surface area contributed by atoms with Crippen molar-refractivity contribution < 1.29 is 9.59 Å². The van der Waals surface area contributed by atoms with Gasteiger partial charge in [-0.05, 0) is 36.4 Å². The van der Waals surface area contributed by atoms with E-state index in [-0.39, 0.29) is 16.5 Å². The first-order valence-corrected chi connectivity index (χ1v) is 7.18. The molecule has 0 aliphatic heterocycles. The van der Waals surface area contributed by atoms with Gasteiger partial charge in [0.05, 0.1) is 16.1 Å². The predicted molar refractivity (Wildman–Crippen MR) is 89.7 cm³/mol. The summed E-state index contributed by atoms with van der Waals surface area (Å²) in [7, 11) is 0. The lowest BCUT2D eigenvalue weighted by Crippen LogP contribution is -2.15. The van der Waals surface area contributed by atoms with Crippen LogP contribution in [0.25, 0.3) is 10.9 Å². The molecule has 23 heavy (non-hydrogen) atoms. The number of fused-ring (bicyclic) bond motifs is 1. The van der Waals surface area contributed by atoms with Gasteiger partial charge in [-0.3, -0.25) is 14.6 Å². The lowest BCUT2D eigenvalue weighted by atomic mass is 10.1. The maximum atomic E-state index is 12.5. The standard InChI is InChI=1S/C17H12ClN3O2/c18-14-7-6-10(9-13(14)16(19)22)21-17(23)12-3-1-5-15-11(12)4-2-8-20-15/h1-9H,(H2,19,22)(H,21,23). The van der Waals surface area contributed by atoms with Gasteiger partial charge in [0.1, 0.15) is 0 Å². The molecule has 2 amide bonds.